The van der Waals surface area contributed by atoms with Crippen LogP contribution in [0.3, 0.4) is 0 Å². The summed E-state index contributed by atoms with van der Waals surface area (Å²) in [5, 5.41) is 2.87. The van der Waals surface area contributed by atoms with Gasteiger partial charge in [0.2, 0.25) is 0 Å². The minimum atomic E-state index is -0.697. The lowest BCUT2D eigenvalue weighted by Crippen LogP contribution is -2.43. The lowest BCUT2D eigenvalue weighted by Gasteiger charge is -2.19. The third-order valence-electron chi connectivity index (χ3n) is 5.94. The summed E-state index contributed by atoms with van der Waals surface area (Å²) in [7, 11) is 0. The molecule has 5 heteroatoms. The van der Waals surface area contributed by atoms with Crippen molar-refractivity contribution in [3.8, 4) is 0 Å². The molecular weight excluding hydrogens is 469 g/mol. The van der Waals surface area contributed by atoms with Crippen molar-refractivity contribution < 1.29 is 14.0 Å². The second kappa shape index (κ2) is 12.3. The highest BCUT2D eigenvalue weighted by molar-refractivity contribution is 7.98. The van der Waals surface area contributed by atoms with Crippen molar-refractivity contribution in [3.05, 3.63) is 137 Å². The number of amides is 1. The number of hydrogen-bond acceptors (Lipinski definition) is 3. The Bertz CT molecular complexity index is 1310. The number of halogens is 1. The molecule has 4 aromatic rings. The van der Waals surface area contributed by atoms with Gasteiger partial charge in [0, 0.05) is 22.6 Å². The molecule has 4 aromatic carbocycles. The van der Waals surface area contributed by atoms with Gasteiger partial charge in [0.25, 0.3) is 5.91 Å². The molecule has 0 aromatic heterocycles. The van der Waals surface area contributed by atoms with Crippen LogP contribution in [0.1, 0.15) is 32.6 Å². The van der Waals surface area contributed by atoms with Crippen molar-refractivity contribution in [3.63, 3.8) is 0 Å². The molecule has 0 heterocycles. The number of thioether (sulfide) groups is 1. The van der Waals surface area contributed by atoms with E-state index in [2.05, 4.69) is 30.4 Å². The normalized spacial score (nSPS) is 11.6. The number of Topliss-reactive ketones (excluding diaryl/α,β-unsaturated/α-hetero) is 1. The Kier molecular flexibility index (Phi) is 8.69. The van der Waals surface area contributed by atoms with Crippen LogP contribution >= 0.6 is 11.8 Å². The molecule has 0 saturated heterocycles. The van der Waals surface area contributed by atoms with Crippen molar-refractivity contribution in [1.82, 2.24) is 5.32 Å². The first-order valence-electron chi connectivity index (χ1n) is 11.9. The maximum Gasteiger partial charge on any atom is 0.251 e. The number of benzene rings is 4. The van der Waals surface area contributed by atoms with Crippen molar-refractivity contribution in [2.24, 2.45) is 0 Å². The molecule has 0 bridgehead atoms. The molecule has 0 aliphatic carbocycles. The maximum atomic E-state index is 13.4. The van der Waals surface area contributed by atoms with Gasteiger partial charge in [0.15, 0.2) is 5.78 Å². The second-order valence-corrected chi connectivity index (χ2v) is 9.76. The number of rotatable bonds is 10. The van der Waals surface area contributed by atoms with E-state index in [1.165, 1.54) is 34.7 Å². The van der Waals surface area contributed by atoms with E-state index >= 15 is 0 Å². The zero-order valence-electron chi connectivity index (χ0n) is 20.1. The van der Waals surface area contributed by atoms with E-state index in [-0.39, 0.29) is 12.2 Å². The van der Waals surface area contributed by atoms with Crippen LogP contribution in [0.4, 0.5) is 4.39 Å². The molecule has 0 spiro atoms. The first-order chi connectivity index (χ1) is 17.5. The molecule has 0 fully saturated rings. The largest absolute Gasteiger partial charge is 0.342 e. The van der Waals surface area contributed by atoms with Gasteiger partial charge in [0.1, 0.15) is 5.82 Å². The second-order valence-electron chi connectivity index (χ2n) is 8.74. The molecule has 4 rings (SSSR count). The van der Waals surface area contributed by atoms with Crippen molar-refractivity contribution in [2.75, 3.05) is 0 Å². The summed E-state index contributed by atoms with van der Waals surface area (Å²) in [6, 6.07) is 30.7. The SMILES string of the molecule is Cc1cc(CC(=O)[C@H](Cc2ccccc2)NC(=O)c2ccc(F)cc2)ccc1SCc1ccccc1. The van der Waals surface area contributed by atoms with Gasteiger partial charge >= 0.3 is 0 Å². The van der Waals surface area contributed by atoms with Crippen molar-refractivity contribution in [1.29, 1.82) is 0 Å². The molecule has 1 atom stereocenters. The summed E-state index contributed by atoms with van der Waals surface area (Å²) in [4.78, 5) is 27.4. The Morgan fingerprint density at radius 1 is 0.806 bits per heavy atom. The van der Waals surface area contributed by atoms with Crippen LogP contribution in [-0.2, 0) is 23.4 Å². The Morgan fingerprint density at radius 2 is 1.44 bits per heavy atom. The van der Waals surface area contributed by atoms with Gasteiger partial charge in [-0.25, -0.2) is 4.39 Å². The number of carbonyl (C=O) groups is 2. The quantitative estimate of drug-likeness (QED) is 0.252. The molecule has 0 saturated carbocycles. The van der Waals surface area contributed by atoms with Crippen LogP contribution < -0.4 is 5.32 Å². The first-order valence-corrected chi connectivity index (χ1v) is 12.9. The monoisotopic (exact) mass is 497 g/mol. The van der Waals surface area contributed by atoms with Gasteiger partial charge in [-0.3, -0.25) is 9.59 Å². The van der Waals surface area contributed by atoms with E-state index in [0.29, 0.717) is 12.0 Å². The van der Waals surface area contributed by atoms with Crippen LogP contribution in [0, 0.1) is 12.7 Å². The van der Waals surface area contributed by atoms with Gasteiger partial charge in [-0.15, -0.1) is 11.8 Å². The van der Waals surface area contributed by atoms with Gasteiger partial charge < -0.3 is 5.32 Å². The predicted molar refractivity (Wildman–Crippen MR) is 144 cm³/mol. The summed E-state index contributed by atoms with van der Waals surface area (Å²) in [5.41, 5.74) is 4.57. The van der Waals surface area contributed by atoms with Crippen LogP contribution in [0.25, 0.3) is 0 Å². The number of hydrogen-bond donors (Lipinski definition) is 1. The molecule has 182 valence electrons. The Morgan fingerprint density at radius 3 is 2.08 bits per heavy atom. The summed E-state index contributed by atoms with van der Waals surface area (Å²) < 4.78 is 13.3. The van der Waals surface area contributed by atoms with Crippen molar-refractivity contribution >= 4 is 23.5 Å². The third kappa shape index (κ3) is 7.15. The lowest BCUT2D eigenvalue weighted by atomic mass is 9.96. The van der Waals surface area contributed by atoms with E-state index in [1.807, 2.05) is 60.7 Å². The van der Waals surface area contributed by atoms with Crippen molar-refractivity contribution in [2.45, 2.75) is 36.5 Å². The standard InChI is InChI=1S/C31H28FNO2S/c1-22-18-25(12-17-30(22)36-21-24-10-6-3-7-11-24)20-29(34)28(19-23-8-4-2-5-9-23)33-31(35)26-13-15-27(32)16-14-26/h2-18,28H,19-21H2,1H3,(H,33,35)/t28-/m0/s1. The zero-order chi connectivity index (χ0) is 25.3. The van der Waals surface area contributed by atoms with E-state index < -0.39 is 17.8 Å². The zero-order valence-corrected chi connectivity index (χ0v) is 20.9. The molecule has 0 aliphatic heterocycles. The number of nitrogens with one attached hydrogen (secondary N) is 1. The molecule has 0 aliphatic rings. The average molecular weight is 498 g/mol. The molecule has 1 N–H and O–H groups in total. The highest BCUT2D eigenvalue weighted by atomic mass is 32.2. The molecule has 3 nitrogen and oxygen atoms in total. The van der Waals surface area contributed by atoms with Gasteiger partial charge in [0.05, 0.1) is 6.04 Å². The summed E-state index contributed by atoms with van der Waals surface area (Å²) >= 11 is 1.77. The molecule has 0 radical (unpaired) electrons. The highest BCUT2D eigenvalue weighted by Crippen LogP contribution is 2.27. The maximum absolute atomic E-state index is 13.4. The highest BCUT2D eigenvalue weighted by Gasteiger charge is 2.22. The topological polar surface area (TPSA) is 46.2 Å². The van der Waals surface area contributed by atoms with Gasteiger partial charge in [-0.05, 0) is 65.9 Å². The lowest BCUT2D eigenvalue weighted by molar-refractivity contribution is -0.120. The number of aryl methyl sites for hydroxylation is 1. The van der Waals surface area contributed by atoms with Crippen LogP contribution in [-0.4, -0.2) is 17.7 Å². The molecular formula is C31H28FNO2S. The fourth-order valence-electron chi connectivity index (χ4n) is 3.98. The minimum Gasteiger partial charge on any atom is -0.342 e. The van der Waals surface area contributed by atoms with E-state index in [1.54, 1.807) is 11.8 Å². The Labute approximate surface area is 215 Å². The van der Waals surface area contributed by atoms with Crippen LogP contribution in [0.5, 0.6) is 0 Å². The number of carbonyl (C=O) groups excluding carboxylic acids is 2. The fourth-order valence-corrected chi connectivity index (χ4v) is 4.95. The minimum absolute atomic E-state index is 0.0709. The van der Waals surface area contributed by atoms with Gasteiger partial charge in [-0.2, -0.15) is 0 Å². The number of ketones is 1. The van der Waals surface area contributed by atoms with E-state index in [4.69, 9.17) is 0 Å². The third-order valence-corrected chi connectivity index (χ3v) is 7.18. The first kappa shape index (κ1) is 25.4. The Balaban J connectivity index is 1.45. The summed E-state index contributed by atoms with van der Waals surface area (Å²) in [6.07, 6.45) is 0.599. The van der Waals surface area contributed by atoms with Gasteiger partial charge in [-0.1, -0.05) is 72.8 Å². The molecule has 1 amide bonds. The summed E-state index contributed by atoms with van der Waals surface area (Å²) in [5.74, 6) is 0.00451. The van der Waals surface area contributed by atoms with Crippen LogP contribution in [0.15, 0.2) is 108 Å². The summed E-state index contributed by atoms with van der Waals surface area (Å²) in [6.45, 7) is 2.05. The fraction of sp³-hybridized carbons (Fsp3) is 0.161. The average Bonchev–Trinajstić information content (AvgIpc) is 2.89. The van der Waals surface area contributed by atoms with E-state index in [0.717, 1.165) is 22.4 Å². The smallest absolute Gasteiger partial charge is 0.251 e. The molecule has 36 heavy (non-hydrogen) atoms. The predicted octanol–water partition coefficient (Wildman–Crippen LogP) is 6.58. The van der Waals surface area contributed by atoms with Crippen LogP contribution in [0.2, 0.25) is 0 Å². The Hall–Kier alpha value is -3.70. The molecule has 0 unspecified atom stereocenters. The van der Waals surface area contributed by atoms with E-state index in [9.17, 15) is 14.0 Å².